The van der Waals surface area contributed by atoms with E-state index >= 15 is 0 Å². The number of nitrogens with zero attached hydrogens (tertiary/aromatic N) is 1. The fourth-order valence-corrected chi connectivity index (χ4v) is 2.27. The van der Waals surface area contributed by atoms with E-state index < -0.39 is 5.97 Å². The molecular weight excluding hydrogens is 242 g/mol. The number of aromatic nitrogens is 1. The lowest BCUT2D eigenvalue weighted by Gasteiger charge is -2.07. The highest BCUT2D eigenvalue weighted by atomic mass is 16.4. The molecule has 1 aromatic carbocycles. The van der Waals surface area contributed by atoms with Crippen molar-refractivity contribution >= 4 is 11.8 Å². The normalized spacial score (nSPS) is 10.5. The van der Waals surface area contributed by atoms with Gasteiger partial charge in [0.05, 0.1) is 11.3 Å². The Balaban J connectivity index is 2.62. The van der Waals surface area contributed by atoms with Crippen molar-refractivity contribution in [2.24, 2.45) is 7.05 Å². The molecular formula is C15H15NO3. The Bertz CT molecular complexity index is 668. The zero-order valence-corrected chi connectivity index (χ0v) is 11.1. The number of aryl methyl sites for hydroxylation is 1. The summed E-state index contributed by atoms with van der Waals surface area (Å²) in [7, 11) is 1.80. The van der Waals surface area contributed by atoms with Gasteiger partial charge in [-0.15, -0.1) is 0 Å². The minimum absolute atomic E-state index is 0.00725. The highest BCUT2D eigenvalue weighted by Gasteiger charge is 2.17. The standard InChI is InChI=1S/C15H15NO3/c1-9-13(15(18)19)8-16(3)14(9)12-6-4-5-11(7-12)10(2)17/h4-8H,1-3H3,(H,18,19). The van der Waals surface area contributed by atoms with Crippen molar-refractivity contribution in [1.29, 1.82) is 0 Å². The van der Waals surface area contributed by atoms with Crippen molar-refractivity contribution in [2.45, 2.75) is 13.8 Å². The molecule has 4 nitrogen and oxygen atoms in total. The van der Waals surface area contributed by atoms with Gasteiger partial charge in [-0.1, -0.05) is 18.2 Å². The molecule has 0 radical (unpaired) electrons. The molecule has 0 unspecified atom stereocenters. The smallest absolute Gasteiger partial charge is 0.337 e. The highest BCUT2D eigenvalue weighted by Crippen LogP contribution is 2.27. The monoisotopic (exact) mass is 257 g/mol. The van der Waals surface area contributed by atoms with E-state index in [9.17, 15) is 9.59 Å². The molecule has 0 atom stereocenters. The summed E-state index contributed by atoms with van der Waals surface area (Å²) in [6.07, 6.45) is 1.59. The Kier molecular flexibility index (Phi) is 3.25. The van der Waals surface area contributed by atoms with Crippen LogP contribution in [0.4, 0.5) is 0 Å². The van der Waals surface area contributed by atoms with E-state index in [0.717, 1.165) is 11.3 Å². The number of benzene rings is 1. The molecule has 0 aliphatic heterocycles. The molecule has 0 aliphatic rings. The maximum absolute atomic E-state index is 11.4. The summed E-state index contributed by atoms with van der Waals surface area (Å²) in [5.74, 6) is -0.950. The van der Waals surface area contributed by atoms with Crippen molar-refractivity contribution in [2.75, 3.05) is 0 Å². The third-order valence-corrected chi connectivity index (χ3v) is 3.21. The Morgan fingerprint density at radius 3 is 2.47 bits per heavy atom. The van der Waals surface area contributed by atoms with E-state index in [4.69, 9.17) is 5.11 Å². The van der Waals surface area contributed by atoms with Gasteiger partial charge in [0, 0.05) is 18.8 Å². The highest BCUT2D eigenvalue weighted by molar-refractivity contribution is 5.96. The van der Waals surface area contributed by atoms with Gasteiger partial charge in [0.2, 0.25) is 0 Å². The van der Waals surface area contributed by atoms with Gasteiger partial charge in [-0.3, -0.25) is 4.79 Å². The summed E-state index contributed by atoms with van der Waals surface area (Å²) < 4.78 is 1.78. The van der Waals surface area contributed by atoms with Crippen molar-refractivity contribution < 1.29 is 14.7 Å². The van der Waals surface area contributed by atoms with Crippen LogP contribution >= 0.6 is 0 Å². The van der Waals surface area contributed by atoms with Crippen molar-refractivity contribution in [1.82, 2.24) is 4.57 Å². The predicted molar refractivity (Wildman–Crippen MR) is 72.5 cm³/mol. The molecule has 0 aliphatic carbocycles. The summed E-state index contributed by atoms with van der Waals surface area (Å²) in [5.41, 5.74) is 3.28. The molecule has 1 aromatic heterocycles. The first kappa shape index (κ1) is 13.1. The Labute approximate surface area is 111 Å². The number of rotatable bonds is 3. The maximum atomic E-state index is 11.4. The van der Waals surface area contributed by atoms with Crippen molar-refractivity contribution in [3.63, 3.8) is 0 Å². The van der Waals surface area contributed by atoms with Crippen LogP contribution in [0, 0.1) is 6.92 Å². The largest absolute Gasteiger partial charge is 0.478 e. The van der Waals surface area contributed by atoms with E-state index in [-0.39, 0.29) is 11.3 Å². The molecule has 2 rings (SSSR count). The summed E-state index contributed by atoms with van der Waals surface area (Å²) in [6, 6.07) is 7.22. The number of carboxylic acid groups (broad SMARTS) is 1. The van der Waals surface area contributed by atoms with Gasteiger partial charge >= 0.3 is 5.97 Å². The number of hydrogen-bond acceptors (Lipinski definition) is 2. The number of carbonyl (C=O) groups is 2. The number of aromatic carboxylic acids is 1. The summed E-state index contributed by atoms with van der Waals surface area (Å²) >= 11 is 0. The third-order valence-electron chi connectivity index (χ3n) is 3.21. The molecule has 0 bridgehead atoms. The zero-order chi connectivity index (χ0) is 14.2. The van der Waals surface area contributed by atoms with Crippen LogP contribution in [0.3, 0.4) is 0 Å². The first-order chi connectivity index (χ1) is 8.91. The van der Waals surface area contributed by atoms with E-state index in [1.54, 1.807) is 42.9 Å². The van der Waals surface area contributed by atoms with Crippen LogP contribution in [0.25, 0.3) is 11.3 Å². The van der Waals surface area contributed by atoms with Crippen LogP contribution in [0.15, 0.2) is 30.5 Å². The molecule has 1 heterocycles. The lowest BCUT2D eigenvalue weighted by molar-refractivity contribution is 0.0696. The second-order valence-electron chi connectivity index (χ2n) is 4.57. The predicted octanol–water partition coefficient (Wildman–Crippen LogP) is 2.90. The minimum Gasteiger partial charge on any atom is -0.478 e. The van der Waals surface area contributed by atoms with Crippen LogP contribution in [-0.2, 0) is 7.05 Å². The van der Waals surface area contributed by atoms with Gasteiger partial charge in [-0.05, 0) is 31.0 Å². The number of hydrogen-bond donors (Lipinski definition) is 1. The van der Waals surface area contributed by atoms with Gasteiger partial charge in [0.15, 0.2) is 5.78 Å². The lowest BCUT2D eigenvalue weighted by Crippen LogP contribution is -1.96. The topological polar surface area (TPSA) is 59.3 Å². The molecule has 1 N–H and O–H groups in total. The molecule has 0 spiro atoms. The van der Waals surface area contributed by atoms with Crippen LogP contribution in [0.2, 0.25) is 0 Å². The molecule has 0 amide bonds. The molecule has 98 valence electrons. The van der Waals surface area contributed by atoms with Gasteiger partial charge in [0.25, 0.3) is 0 Å². The van der Waals surface area contributed by atoms with Crippen LogP contribution < -0.4 is 0 Å². The first-order valence-corrected chi connectivity index (χ1v) is 5.92. The molecule has 0 fully saturated rings. The fraction of sp³-hybridized carbons (Fsp3) is 0.200. The second kappa shape index (κ2) is 4.72. The first-order valence-electron chi connectivity index (χ1n) is 5.92. The quantitative estimate of drug-likeness (QED) is 0.860. The maximum Gasteiger partial charge on any atom is 0.337 e. The Morgan fingerprint density at radius 2 is 1.95 bits per heavy atom. The second-order valence-corrected chi connectivity index (χ2v) is 4.57. The summed E-state index contributed by atoms with van der Waals surface area (Å²) in [6.45, 7) is 3.29. The number of Topliss-reactive ketones (excluding diaryl/α,β-unsaturated/α-hetero) is 1. The van der Waals surface area contributed by atoms with E-state index in [0.29, 0.717) is 11.1 Å². The average molecular weight is 257 g/mol. The third kappa shape index (κ3) is 2.29. The van der Waals surface area contributed by atoms with Crippen LogP contribution in [0.1, 0.15) is 33.2 Å². The minimum atomic E-state index is -0.943. The lowest BCUT2D eigenvalue weighted by atomic mass is 10.0. The fourth-order valence-electron chi connectivity index (χ4n) is 2.27. The van der Waals surface area contributed by atoms with E-state index in [1.165, 1.54) is 6.92 Å². The SMILES string of the molecule is CC(=O)c1cccc(-c2c(C)c(C(=O)O)cn2C)c1. The molecule has 4 heteroatoms. The molecule has 0 saturated heterocycles. The van der Waals surface area contributed by atoms with Crippen LogP contribution in [-0.4, -0.2) is 21.4 Å². The van der Waals surface area contributed by atoms with Crippen molar-refractivity contribution in [3.05, 3.63) is 47.2 Å². The van der Waals surface area contributed by atoms with Crippen molar-refractivity contribution in [3.8, 4) is 11.3 Å². The Hall–Kier alpha value is -2.36. The summed E-state index contributed by atoms with van der Waals surface area (Å²) in [5, 5.41) is 9.13. The zero-order valence-electron chi connectivity index (χ0n) is 11.1. The molecule has 2 aromatic rings. The van der Waals surface area contributed by atoms with Crippen LogP contribution in [0.5, 0.6) is 0 Å². The van der Waals surface area contributed by atoms with Gasteiger partial charge in [0.1, 0.15) is 0 Å². The number of ketones is 1. The van der Waals surface area contributed by atoms with Gasteiger partial charge in [-0.2, -0.15) is 0 Å². The van der Waals surface area contributed by atoms with E-state index in [2.05, 4.69) is 0 Å². The molecule has 0 saturated carbocycles. The average Bonchev–Trinajstić information content (AvgIpc) is 2.65. The van der Waals surface area contributed by atoms with E-state index in [1.807, 2.05) is 6.07 Å². The molecule has 19 heavy (non-hydrogen) atoms. The Morgan fingerprint density at radius 1 is 1.26 bits per heavy atom. The number of carbonyl (C=O) groups excluding carboxylic acids is 1. The summed E-state index contributed by atoms with van der Waals surface area (Å²) in [4.78, 5) is 22.5. The van der Waals surface area contributed by atoms with Gasteiger partial charge < -0.3 is 9.67 Å². The number of carboxylic acids is 1. The van der Waals surface area contributed by atoms with Gasteiger partial charge in [-0.25, -0.2) is 4.79 Å².